The van der Waals surface area contributed by atoms with Crippen LogP contribution in [0.25, 0.3) is 20.2 Å². The Balaban J connectivity index is 0.995. The summed E-state index contributed by atoms with van der Waals surface area (Å²) in [5.41, 5.74) is 26.1. The Hall–Kier alpha value is -8.11. The number of ether oxygens (including phenoxy) is 4. The predicted octanol–water partition coefficient (Wildman–Crippen LogP) is 20.3. The van der Waals surface area contributed by atoms with Gasteiger partial charge in [0.1, 0.15) is 46.0 Å². The highest BCUT2D eigenvalue weighted by molar-refractivity contribution is 7.33. The molecule has 0 radical (unpaired) electrons. The lowest BCUT2D eigenvalue weighted by Crippen LogP contribution is -2.65. The molecule has 0 spiro atoms. The normalized spacial score (nSPS) is 14.8. The van der Waals surface area contributed by atoms with Crippen LogP contribution in [0.4, 0.5) is 34.1 Å². The highest BCUT2D eigenvalue weighted by Crippen LogP contribution is 2.53. The summed E-state index contributed by atoms with van der Waals surface area (Å²) in [6.45, 7) is 48.5. The number of benzene rings is 9. The SMILES string of the molecule is CCC(C)(C)c1cc2c3c(c1)Oc1c(sc4ccc(C(C)(C)CC)cc14)B3c1cc3c(cc1O2)N(c1ccc(C(C)(C)C)cc1)c1cc(C(C)(C)CC)cc2c1B3c1cc3c(cc1N2c1c(C)cc(C)cc1C)Oc1cc(C(C)(C)CC)cc2c1B3c1sc3ccc(C(C)(C)CC)cc3c1O2. The molecule has 8 heterocycles. The van der Waals surface area contributed by atoms with E-state index in [1.54, 1.807) is 0 Å². The van der Waals surface area contributed by atoms with E-state index in [0.717, 1.165) is 117 Å². The predicted molar refractivity (Wildman–Crippen MR) is 436 cm³/mol. The first kappa shape index (κ1) is 66.2. The van der Waals surface area contributed by atoms with Crippen LogP contribution in [0.15, 0.2) is 133 Å². The molecule has 9 aromatic carbocycles. The number of hydrogen-bond donors (Lipinski definition) is 0. The molecule has 0 atom stereocenters. The van der Waals surface area contributed by atoms with Crippen molar-refractivity contribution in [2.75, 3.05) is 9.80 Å². The third kappa shape index (κ3) is 9.83. The maximum absolute atomic E-state index is 7.71. The quantitative estimate of drug-likeness (QED) is 0.114. The molecule has 6 aliphatic heterocycles. The Morgan fingerprint density at radius 2 is 0.713 bits per heavy atom. The topological polar surface area (TPSA) is 43.4 Å². The summed E-state index contributed by atoms with van der Waals surface area (Å²) in [5.74, 6) is 7.24. The Bertz CT molecular complexity index is 5370. The zero-order valence-electron chi connectivity index (χ0n) is 63.3. The summed E-state index contributed by atoms with van der Waals surface area (Å²) in [7, 11) is 0. The average Bonchev–Trinajstić information content (AvgIpc) is 1.26. The van der Waals surface area contributed by atoms with Gasteiger partial charge in [-0.1, -0.05) is 179 Å². The lowest BCUT2D eigenvalue weighted by Gasteiger charge is -2.47. The van der Waals surface area contributed by atoms with Crippen LogP contribution < -0.4 is 76.5 Å². The van der Waals surface area contributed by atoms with Crippen LogP contribution in [0.5, 0.6) is 46.0 Å². The molecule has 2 aromatic heterocycles. The van der Waals surface area contributed by atoms with Crippen molar-refractivity contribution in [1.29, 1.82) is 0 Å². The van der Waals surface area contributed by atoms with Crippen LogP contribution in [-0.2, 0) is 32.5 Å². The molecular weight excluding hydrogens is 1270 g/mol. The highest BCUT2D eigenvalue weighted by atomic mass is 32.1. The summed E-state index contributed by atoms with van der Waals surface area (Å²) in [5, 5.41) is 2.36. The van der Waals surface area contributed by atoms with Crippen molar-refractivity contribution in [1.82, 2.24) is 0 Å². The third-order valence-electron chi connectivity index (χ3n) is 25.6. The van der Waals surface area contributed by atoms with Gasteiger partial charge in [0.25, 0.3) is 20.1 Å². The number of fused-ring (bicyclic) bond motifs is 16. The van der Waals surface area contributed by atoms with Crippen LogP contribution in [0, 0.1) is 20.8 Å². The largest absolute Gasteiger partial charge is 0.458 e. The molecule has 11 heteroatoms. The first-order chi connectivity index (χ1) is 47.9. The molecule has 0 saturated heterocycles. The third-order valence-corrected chi connectivity index (χ3v) is 28.1. The fraction of sp³-hybridized carbons (Fsp3) is 0.356. The van der Waals surface area contributed by atoms with Crippen LogP contribution >= 0.6 is 22.7 Å². The van der Waals surface area contributed by atoms with Crippen molar-refractivity contribution in [2.24, 2.45) is 0 Å². The van der Waals surface area contributed by atoms with Crippen molar-refractivity contribution >= 4 is 145 Å². The molecule has 11 aromatic rings. The molecule has 17 rings (SSSR count). The smallest absolute Gasteiger partial charge is 0.273 e. The van der Waals surface area contributed by atoms with E-state index in [9.17, 15) is 0 Å². The molecule has 0 bridgehead atoms. The Labute approximate surface area is 609 Å². The van der Waals surface area contributed by atoms with E-state index in [-0.39, 0.29) is 52.6 Å². The fourth-order valence-corrected chi connectivity index (χ4v) is 19.6. The Morgan fingerprint density at radius 3 is 1.13 bits per heavy atom. The second-order valence-electron chi connectivity index (χ2n) is 34.7. The van der Waals surface area contributed by atoms with E-state index >= 15 is 0 Å². The number of thiophene rings is 2. The average molecular weight is 1370 g/mol. The van der Waals surface area contributed by atoms with Crippen molar-refractivity contribution in [3.8, 4) is 46.0 Å². The van der Waals surface area contributed by atoms with Gasteiger partial charge in [0.15, 0.2) is 0 Å². The fourth-order valence-electron chi connectivity index (χ4n) is 17.1. The molecule has 510 valence electrons. The first-order valence-corrected chi connectivity index (χ1v) is 39.1. The van der Waals surface area contributed by atoms with Crippen LogP contribution in [0.3, 0.4) is 0 Å². The Morgan fingerprint density at radius 1 is 0.337 bits per heavy atom. The van der Waals surface area contributed by atoms with Crippen LogP contribution in [0.2, 0.25) is 0 Å². The minimum absolute atomic E-state index is 0.0114. The zero-order valence-corrected chi connectivity index (χ0v) is 64.9. The second kappa shape index (κ2) is 22.5. The van der Waals surface area contributed by atoms with Gasteiger partial charge in [-0.3, -0.25) is 0 Å². The van der Waals surface area contributed by atoms with Gasteiger partial charge in [-0.05, 0) is 230 Å². The summed E-state index contributed by atoms with van der Waals surface area (Å²) < 4.78 is 35.3. The summed E-state index contributed by atoms with van der Waals surface area (Å²) in [6, 6.07) is 53.2. The van der Waals surface area contributed by atoms with Gasteiger partial charge >= 0.3 is 0 Å². The van der Waals surface area contributed by atoms with Gasteiger partial charge < -0.3 is 28.7 Å². The summed E-state index contributed by atoms with van der Waals surface area (Å²) in [4.78, 5) is 5.28. The van der Waals surface area contributed by atoms with Crippen molar-refractivity contribution in [3.63, 3.8) is 0 Å². The number of hydrogen-bond acceptors (Lipinski definition) is 8. The highest BCUT2D eigenvalue weighted by Gasteiger charge is 2.52. The van der Waals surface area contributed by atoms with Gasteiger partial charge in [0, 0.05) is 81.2 Å². The van der Waals surface area contributed by atoms with Crippen LogP contribution in [0.1, 0.15) is 207 Å². The molecular formula is C90H95B3N2O4S2. The minimum Gasteiger partial charge on any atom is -0.458 e. The molecule has 0 fully saturated rings. The molecule has 0 N–H and O–H groups in total. The molecule has 0 aliphatic carbocycles. The molecule has 6 nitrogen and oxygen atoms in total. The van der Waals surface area contributed by atoms with E-state index in [2.05, 4.69) is 289 Å². The molecule has 0 amide bonds. The van der Waals surface area contributed by atoms with Gasteiger partial charge in [-0.15, -0.1) is 22.7 Å². The maximum Gasteiger partial charge on any atom is 0.273 e. The van der Waals surface area contributed by atoms with Gasteiger partial charge in [0.05, 0.1) is 5.69 Å². The molecule has 0 saturated carbocycles. The van der Waals surface area contributed by atoms with Crippen LogP contribution in [-0.4, -0.2) is 20.1 Å². The first-order valence-electron chi connectivity index (χ1n) is 37.4. The number of nitrogens with zero attached hydrogens (tertiary/aromatic N) is 2. The lowest BCUT2D eigenvalue weighted by atomic mass is 9.30. The molecule has 6 aliphatic rings. The monoisotopic (exact) mass is 1360 g/mol. The summed E-state index contributed by atoms with van der Waals surface area (Å²) in [6.07, 6.45) is 4.94. The zero-order chi connectivity index (χ0) is 71.0. The number of anilines is 6. The minimum atomic E-state index is -0.255. The van der Waals surface area contributed by atoms with E-state index in [1.807, 2.05) is 22.7 Å². The van der Waals surface area contributed by atoms with E-state index in [4.69, 9.17) is 18.9 Å². The summed E-state index contributed by atoms with van der Waals surface area (Å²) >= 11 is 3.77. The van der Waals surface area contributed by atoms with E-state index in [0.29, 0.717) is 0 Å². The maximum atomic E-state index is 7.71. The molecule has 101 heavy (non-hydrogen) atoms. The van der Waals surface area contributed by atoms with Crippen molar-refractivity contribution in [3.05, 3.63) is 184 Å². The van der Waals surface area contributed by atoms with E-state index < -0.39 is 0 Å². The number of aryl methyl sites for hydroxylation is 3. The lowest BCUT2D eigenvalue weighted by molar-refractivity contribution is 0.454. The van der Waals surface area contributed by atoms with Gasteiger partial charge in [-0.2, -0.15) is 0 Å². The second-order valence-corrected chi connectivity index (χ2v) is 36.9. The van der Waals surface area contributed by atoms with Crippen molar-refractivity contribution < 1.29 is 18.9 Å². The van der Waals surface area contributed by atoms with Gasteiger partial charge in [0.2, 0.25) is 0 Å². The standard InChI is InChI=1S/C90H95B3N2O4S2/c1-22-86(12,13)53-29-33-75-59(37-53)81-83(100-75)92-63-45-61-65(47-69(63)96-71-41-56(89(18,19)25-4)43-73(98-81)78(71)92)94(58-31-27-52(28-32-58)85(9,10)11)67-39-55(88(16,17)24-3)40-68-77(67)91(61)62-46-64-70(48-66(62)95(68)80-50(7)35-49(6)36-51(80)8)97-72-42-57(90(20,21)26-5)44-74-79(72)93(64)84-82(99-74)60-38-54(87(14,15)23-2)30-34-76(60)101-84/h27-48H,22-26H2,1-21H3. The molecule has 0 unspecified atom stereocenters. The Kier molecular flexibility index (Phi) is 14.7. The number of rotatable bonds is 12. The van der Waals surface area contributed by atoms with Gasteiger partial charge in [-0.25, -0.2) is 0 Å². The van der Waals surface area contributed by atoms with Crippen molar-refractivity contribution in [2.45, 2.75) is 210 Å². The van der Waals surface area contributed by atoms with E-state index in [1.165, 1.54) is 113 Å².